The number of nitrogens with one attached hydrogen (secondary N) is 1. The number of rotatable bonds is 2. The van der Waals surface area contributed by atoms with E-state index in [1.54, 1.807) is 4.90 Å². The van der Waals surface area contributed by atoms with Crippen molar-refractivity contribution in [1.82, 2.24) is 10.2 Å². The maximum Gasteiger partial charge on any atom is 0.407 e. The Kier molecular flexibility index (Phi) is 3.46. The smallest absolute Gasteiger partial charge is 0.407 e. The fraction of sp³-hybridized carbons (Fsp3) is 0.909. The second-order valence-corrected chi connectivity index (χ2v) is 4.72. The third-order valence-electron chi connectivity index (χ3n) is 3.52. The maximum absolute atomic E-state index is 10.9. The van der Waals surface area contributed by atoms with Gasteiger partial charge in [0.2, 0.25) is 0 Å². The van der Waals surface area contributed by atoms with Gasteiger partial charge in [-0.05, 0) is 25.7 Å². The van der Waals surface area contributed by atoms with Crippen molar-refractivity contribution in [3.63, 3.8) is 0 Å². The highest BCUT2D eigenvalue weighted by atomic mass is 16.4. The molecule has 0 bridgehead atoms. The van der Waals surface area contributed by atoms with Crippen molar-refractivity contribution >= 4 is 6.09 Å². The molecule has 2 aliphatic rings. The number of likely N-dealkylation sites (tertiary alicyclic amines) is 1. The first kappa shape index (κ1) is 10.7. The van der Waals surface area contributed by atoms with Crippen LogP contribution in [0.15, 0.2) is 0 Å². The summed E-state index contributed by atoms with van der Waals surface area (Å²) in [7, 11) is 0. The second-order valence-electron chi connectivity index (χ2n) is 4.72. The molecule has 0 aromatic rings. The molecule has 4 heteroatoms. The SMILES string of the molecule is O=C(O)N1CCCCC(NC2CCC2)C1. The summed E-state index contributed by atoms with van der Waals surface area (Å²) in [5.74, 6) is 0. The minimum atomic E-state index is -0.766. The average Bonchev–Trinajstić information content (AvgIpc) is 2.36. The molecule has 0 aromatic heterocycles. The molecule has 1 aliphatic carbocycles. The molecule has 0 spiro atoms. The fourth-order valence-electron chi connectivity index (χ4n) is 2.36. The molecule has 4 nitrogen and oxygen atoms in total. The lowest BCUT2D eigenvalue weighted by Gasteiger charge is -2.32. The van der Waals surface area contributed by atoms with Gasteiger partial charge in [-0.1, -0.05) is 12.8 Å². The van der Waals surface area contributed by atoms with Crippen LogP contribution in [0.25, 0.3) is 0 Å². The van der Waals surface area contributed by atoms with E-state index in [2.05, 4.69) is 5.32 Å². The average molecular weight is 212 g/mol. The van der Waals surface area contributed by atoms with Crippen LogP contribution >= 0.6 is 0 Å². The maximum atomic E-state index is 10.9. The van der Waals surface area contributed by atoms with Crippen LogP contribution in [-0.4, -0.2) is 41.3 Å². The molecule has 1 heterocycles. The summed E-state index contributed by atoms with van der Waals surface area (Å²) in [6.07, 6.45) is 6.38. The van der Waals surface area contributed by atoms with E-state index in [-0.39, 0.29) is 0 Å². The molecule has 1 unspecified atom stereocenters. The predicted molar refractivity (Wildman–Crippen MR) is 58.0 cm³/mol. The number of carboxylic acid groups (broad SMARTS) is 1. The summed E-state index contributed by atoms with van der Waals surface area (Å²) in [4.78, 5) is 12.5. The number of hydrogen-bond donors (Lipinski definition) is 2. The summed E-state index contributed by atoms with van der Waals surface area (Å²) in [5.41, 5.74) is 0. The van der Waals surface area contributed by atoms with E-state index in [9.17, 15) is 4.79 Å². The Labute approximate surface area is 90.6 Å². The molecular weight excluding hydrogens is 192 g/mol. The van der Waals surface area contributed by atoms with Gasteiger partial charge in [0.1, 0.15) is 0 Å². The van der Waals surface area contributed by atoms with Gasteiger partial charge in [-0.3, -0.25) is 0 Å². The standard InChI is InChI=1S/C11H20N2O2/c14-11(15)13-7-2-1-4-10(8-13)12-9-5-3-6-9/h9-10,12H,1-8H2,(H,14,15). The van der Waals surface area contributed by atoms with Gasteiger partial charge in [0.25, 0.3) is 0 Å². The van der Waals surface area contributed by atoms with Crippen LogP contribution in [0.1, 0.15) is 38.5 Å². The van der Waals surface area contributed by atoms with Gasteiger partial charge in [-0.25, -0.2) is 4.79 Å². The number of carbonyl (C=O) groups is 1. The molecule has 1 aliphatic heterocycles. The highest BCUT2D eigenvalue weighted by molar-refractivity contribution is 5.65. The van der Waals surface area contributed by atoms with Gasteiger partial charge >= 0.3 is 6.09 Å². The minimum Gasteiger partial charge on any atom is -0.465 e. The Hall–Kier alpha value is -0.770. The van der Waals surface area contributed by atoms with E-state index < -0.39 is 6.09 Å². The first-order chi connectivity index (χ1) is 7.25. The van der Waals surface area contributed by atoms with Crippen LogP contribution in [0, 0.1) is 0 Å². The molecule has 2 N–H and O–H groups in total. The van der Waals surface area contributed by atoms with Gasteiger partial charge in [0.05, 0.1) is 0 Å². The Morgan fingerprint density at radius 1 is 1.13 bits per heavy atom. The zero-order chi connectivity index (χ0) is 10.7. The van der Waals surface area contributed by atoms with Gasteiger partial charge in [0, 0.05) is 25.2 Å². The van der Waals surface area contributed by atoms with Crippen LogP contribution in [0.5, 0.6) is 0 Å². The zero-order valence-corrected chi connectivity index (χ0v) is 9.11. The molecule has 2 rings (SSSR count). The first-order valence-electron chi connectivity index (χ1n) is 5.99. The molecule has 0 aromatic carbocycles. The summed E-state index contributed by atoms with van der Waals surface area (Å²) in [5, 5.41) is 12.6. The van der Waals surface area contributed by atoms with E-state index >= 15 is 0 Å². The van der Waals surface area contributed by atoms with Crippen molar-refractivity contribution in [3.8, 4) is 0 Å². The van der Waals surface area contributed by atoms with Crippen LogP contribution in [0.3, 0.4) is 0 Å². The van der Waals surface area contributed by atoms with Crippen LogP contribution in [0.4, 0.5) is 4.79 Å². The van der Waals surface area contributed by atoms with E-state index in [0.717, 1.165) is 19.3 Å². The molecule has 1 saturated carbocycles. The van der Waals surface area contributed by atoms with E-state index in [4.69, 9.17) is 5.11 Å². The van der Waals surface area contributed by atoms with Crippen molar-refractivity contribution in [2.45, 2.75) is 50.6 Å². The minimum absolute atomic E-state index is 0.383. The zero-order valence-electron chi connectivity index (χ0n) is 9.11. The quantitative estimate of drug-likeness (QED) is 0.732. The lowest BCUT2D eigenvalue weighted by atomic mass is 9.92. The first-order valence-corrected chi connectivity index (χ1v) is 5.99. The Morgan fingerprint density at radius 2 is 1.87 bits per heavy atom. The fourth-order valence-corrected chi connectivity index (χ4v) is 2.36. The lowest BCUT2D eigenvalue weighted by Crippen LogP contribution is -2.48. The van der Waals surface area contributed by atoms with Crippen molar-refractivity contribution in [2.24, 2.45) is 0 Å². The molecule has 1 amide bonds. The molecular formula is C11H20N2O2. The van der Waals surface area contributed by atoms with Gasteiger partial charge in [0.15, 0.2) is 0 Å². The molecule has 2 fully saturated rings. The summed E-state index contributed by atoms with van der Waals surface area (Å²) in [6, 6.07) is 1.04. The largest absolute Gasteiger partial charge is 0.465 e. The third kappa shape index (κ3) is 2.84. The summed E-state index contributed by atoms with van der Waals surface area (Å²) in [6.45, 7) is 1.38. The Bertz CT molecular complexity index is 229. The van der Waals surface area contributed by atoms with Crippen molar-refractivity contribution < 1.29 is 9.90 Å². The Morgan fingerprint density at radius 3 is 2.47 bits per heavy atom. The van der Waals surface area contributed by atoms with Gasteiger partial charge in [-0.15, -0.1) is 0 Å². The van der Waals surface area contributed by atoms with Crippen molar-refractivity contribution in [1.29, 1.82) is 0 Å². The highest BCUT2D eigenvalue weighted by Gasteiger charge is 2.25. The molecule has 0 radical (unpaired) electrons. The monoisotopic (exact) mass is 212 g/mol. The predicted octanol–water partition coefficient (Wildman–Crippen LogP) is 1.66. The molecule has 1 atom stereocenters. The number of nitrogens with zero attached hydrogens (tertiary/aromatic N) is 1. The van der Waals surface area contributed by atoms with Gasteiger partial charge in [-0.2, -0.15) is 0 Å². The second kappa shape index (κ2) is 4.84. The van der Waals surface area contributed by atoms with E-state index in [1.807, 2.05) is 0 Å². The molecule has 86 valence electrons. The van der Waals surface area contributed by atoms with Crippen LogP contribution < -0.4 is 5.32 Å². The van der Waals surface area contributed by atoms with E-state index in [0.29, 0.717) is 25.2 Å². The number of amides is 1. The van der Waals surface area contributed by atoms with E-state index in [1.165, 1.54) is 19.3 Å². The van der Waals surface area contributed by atoms with Crippen LogP contribution in [0.2, 0.25) is 0 Å². The number of hydrogen-bond acceptors (Lipinski definition) is 2. The van der Waals surface area contributed by atoms with Crippen molar-refractivity contribution in [3.05, 3.63) is 0 Å². The third-order valence-corrected chi connectivity index (χ3v) is 3.52. The van der Waals surface area contributed by atoms with Crippen molar-refractivity contribution in [2.75, 3.05) is 13.1 Å². The lowest BCUT2D eigenvalue weighted by molar-refractivity contribution is 0.140. The van der Waals surface area contributed by atoms with Crippen LogP contribution in [-0.2, 0) is 0 Å². The summed E-state index contributed by atoms with van der Waals surface area (Å²) < 4.78 is 0. The normalized spacial score (nSPS) is 28.3. The summed E-state index contributed by atoms with van der Waals surface area (Å²) >= 11 is 0. The topological polar surface area (TPSA) is 52.6 Å². The highest BCUT2D eigenvalue weighted by Crippen LogP contribution is 2.20. The molecule has 15 heavy (non-hydrogen) atoms. The molecule has 1 saturated heterocycles. The Balaban J connectivity index is 1.83. The van der Waals surface area contributed by atoms with Gasteiger partial charge < -0.3 is 15.3 Å².